The van der Waals surface area contributed by atoms with E-state index in [1.165, 1.54) is 19.2 Å². The molecule has 0 aromatic heterocycles. The van der Waals surface area contributed by atoms with Crippen LogP contribution in [0.5, 0.6) is 5.75 Å². The molecule has 0 saturated carbocycles. The van der Waals surface area contributed by atoms with Gasteiger partial charge in [0.2, 0.25) is 0 Å². The number of hydrogen-bond donors (Lipinski definition) is 2. The molecule has 4 nitrogen and oxygen atoms in total. The van der Waals surface area contributed by atoms with Crippen LogP contribution >= 0.6 is 0 Å². The SMILES string of the molecule is COC(=O)[C@@H](CN)Cc1ccc(O)c(F)c1. The smallest absolute Gasteiger partial charge is 0.310 e. The maximum Gasteiger partial charge on any atom is 0.310 e. The maximum atomic E-state index is 13.0. The van der Waals surface area contributed by atoms with Gasteiger partial charge in [0.25, 0.3) is 0 Å². The average Bonchev–Trinajstić information content (AvgIpc) is 2.29. The largest absolute Gasteiger partial charge is 0.505 e. The van der Waals surface area contributed by atoms with Gasteiger partial charge in [-0.15, -0.1) is 0 Å². The Morgan fingerprint density at radius 2 is 2.31 bits per heavy atom. The number of carbonyl (C=O) groups excluding carboxylic acids is 1. The van der Waals surface area contributed by atoms with Crippen molar-refractivity contribution < 1.29 is 19.0 Å². The number of phenols is 1. The molecule has 0 heterocycles. The molecule has 0 fully saturated rings. The van der Waals surface area contributed by atoms with Gasteiger partial charge < -0.3 is 15.6 Å². The molecule has 3 N–H and O–H groups in total. The zero-order valence-corrected chi connectivity index (χ0v) is 8.94. The molecular formula is C11H14FNO3. The Morgan fingerprint density at radius 1 is 1.62 bits per heavy atom. The van der Waals surface area contributed by atoms with E-state index in [2.05, 4.69) is 4.74 Å². The summed E-state index contributed by atoms with van der Waals surface area (Å²) in [5, 5.41) is 9.00. The predicted octanol–water partition coefficient (Wildman–Crippen LogP) is 0.822. The van der Waals surface area contributed by atoms with Crippen LogP contribution in [-0.4, -0.2) is 24.7 Å². The first-order chi connectivity index (χ1) is 7.58. The number of benzene rings is 1. The van der Waals surface area contributed by atoms with Crippen LogP contribution in [0.25, 0.3) is 0 Å². The third-order valence-corrected chi connectivity index (χ3v) is 2.31. The van der Waals surface area contributed by atoms with E-state index < -0.39 is 23.5 Å². The fraction of sp³-hybridized carbons (Fsp3) is 0.364. The van der Waals surface area contributed by atoms with E-state index >= 15 is 0 Å². The second-order valence-electron chi connectivity index (χ2n) is 3.45. The molecule has 0 amide bonds. The molecule has 1 atom stereocenters. The van der Waals surface area contributed by atoms with Crippen LogP contribution in [0.1, 0.15) is 5.56 Å². The highest BCUT2D eigenvalue weighted by molar-refractivity contribution is 5.72. The van der Waals surface area contributed by atoms with Crippen LogP contribution in [0.15, 0.2) is 18.2 Å². The van der Waals surface area contributed by atoms with Crippen molar-refractivity contribution in [2.75, 3.05) is 13.7 Å². The van der Waals surface area contributed by atoms with Gasteiger partial charge in [-0.1, -0.05) is 6.07 Å². The van der Waals surface area contributed by atoms with Crippen molar-refractivity contribution in [3.05, 3.63) is 29.6 Å². The molecule has 0 unspecified atom stereocenters. The van der Waals surface area contributed by atoms with E-state index in [0.29, 0.717) is 12.0 Å². The summed E-state index contributed by atoms with van der Waals surface area (Å²) in [6, 6.07) is 3.97. The summed E-state index contributed by atoms with van der Waals surface area (Å²) < 4.78 is 17.6. The number of phenolic OH excluding ortho intramolecular Hbond substituents is 1. The number of methoxy groups -OCH3 is 1. The van der Waals surface area contributed by atoms with E-state index in [4.69, 9.17) is 10.8 Å². The molecule has 1 aromatic rings. The summed E-state index contributed by atoms with van der Waals surface area (Å²) in [4.78, 5) is 11.3. The molecule has 0 radical (unpaired) electrons. The summed E-state index contributed by atoms with van der Waals surface area (Å²) in [7, 11) is 1.28. The summed E-state index contributed by atoms with van der Waals surface area (Å²) in [6.45, 7) is 0.134. The molecule has 0 saturated heterocycles. The van der Waals surface area contributed by atoms with E-state index in [1.807, 2.05) is 0 Å². The number of hydrogen-bond acceptors (Lipinski definition) is 4. The lowest BCUT2D eigenvalue weighted by molar-refractivity contribution is -0.145. The van der Waals surface area contributed by atoms with Crippen molar-refractivity contribution in [2.24, 2.45) is 11.7 Å². The van der Waals surface area contributed by atoms with Crippen LogP contribution in [0.2, 0.25) is 0 Å². The number of carbonyl (C=O) groups is 1. The Labute approximate surface area is 92.8 Å². The summed E-state index contributed by atoms with van der Waals surface area (Å²) in [5.41, 5.74) is 6.01. The van der Waals surface area contributed by atoms with Crippen molar-refractivity contribution in [3.63, 3.8) is 0 Å². The number of ether oxygens (including phenoxy) is 1. The van der Waals surface area contributed by atoms with Gasteiger partial charge in [0.05, 0.1) is 13.0 Å². The predicted molar refractivity (Wildman–Crippen MR) is 56.3 cm³/mol. The lowest BCUT2D eigenvalue weighted by Crippen LogP contribution is -2.26. The Morgan fingerprint density at radius 3 is 2.81 bits per heavy atom. The van der Waals surface area contributed by atoms with Gasteiger partial charge in [0.1, 0.15) is 0 Å². The van der Waals surface area contributed by atoms with Gasteiger partial charge in [-0.2, -0.15) is 0 Å². The standard InChI is InChI=1S/C11H14FNO3/c1-16-11(15)8(6-13)4-7-2-3-10(14)9(12)5-7/h2-3,5,8,14H,4,6,13H2,1H3/t8-/m1/s1. The molecule has 0 aliphatic rings. The molecule has 1 rings (SSSR count). The number of halogens is 1. The number of nitrogens with two attached hydrogens (primary N) is 1. The van der Waals surface area contributed by atoms with Crippen molar-refractivity contribution in [1.29, 1.82) is 0 Å². The minimum absolute atomic E-state index is 0.134. The minimum Gasteiger partial charge on any atom is -0.505 e. The summed E-state index contributed by atoms with van der Waals surface area (Å²) in [5.74, 6) is -2.03. The van der Waals surface area contributed by atoms with Crippen molar-refractivity contribution >= 4 is 5.97 Å². The van der Waals surface area contributed by atoms with Crippen molar-refractivity contribution in [1.82, 2.24) is 0 Å². The monoisotopic (exact) mass is 227 g/mol. The van der Waals surface area contributed by atoms with E-state index in [9.17, 15) is 9.18 Å². The second kappa shape index (κ2) is 5.46. The Hall–Kier alpha value is -1.62. The highest BCUT2D eigenvalue weighted by Gasteiger charge is 2.18. The first kappa shape index (κ1) is 12.4. The first-order valence-electron chi connectivity index (χ1n) is 4.83. The number of aromatic hydroxyl groups is 1. The van der Waals surface area contributed by atoms with E-state index in [-0.39, 0.29) is 6.54 Å². The molecule has 16 heavy (non-hydrogen) atoms. The van der Waals surface area contributed by atoms with Gasteiger partial charge in [-0.3, -0.25) is 4.79 Å². The third-order valence-electron chi connectivity index (χ3n) is 2.31. The Bertz CT molecular complexity index is 381. The van der Waals surface area contributed by atoms with Gasteiger partial charge in [0.15, 0.2) is 11.6 Å². The lowest BCUT2D eigenvalue weighted by atomic mass is 9.99. The Balaban J connectivity index is 2.78. The highest BCUT2D eigenvalue weighted by Crippen LogP contribution is 2.18. The van der Waals surface area contributed by atoms with Gasteiger partial charge >= 0.3 is 5.97 Å². The lowest BCUT2D eigenvalue weighted by Gasteiger charge is -2.12. The average molecular weight is 227 g/mol. The summed E-state index contributed by atoms with van der Waals surface area (Å²) >= 11 is 0. The van der Waals surface area contributed by atoms with Crippen LogP contribution < -0.4 is 5.73 Å². The van der Waals surface area contributed by atoms with Crippen LogP contribution in [-0.2, 0) is 16.0 Å². The van der Waals surface area contributed by atoms with E-state index in [1.54, 1.807) is 6.07 Å². The first-order valence-corrected chi connectivity index (χ1v) is 4.83. The summed E-state index contributed by atoms with van der Waals surface area (Å²) in [6.07, 6.45) is 0.292. The minimum atomic E-state index is -0.710. The Kier molecular flexibility index (Phi) is 4.25. The maximum absolute atomic E-state index is 13.0. The van der Waals surface area contributed by atoms with Crippen LogP contribution in [0.4, 0.5) is 4.39 Å². The van der Waals surface area contributed by atoms with Crippen LogP contribution in [0, 0.1) is 11.7 Å². The van der Waals surface area contributed by atoms with Gasteiger partial charge in [-0.05, 0) is 24.1 Å². The van der Waals surface area contributed by atoms with Gasteiger partial charge in [-0.25, -0.2) is 4.39 Å². The highest BCUT2D eigenvalue weighted by atomic mass is 19.1. The molecular weight excluding hydrogens is 213 g/mol. The zero-order valence-electron chi connectivity index (χ0n) is 8.94. The molecule has 0 aliphatic heterocycles. The quantitative estimate of drug-likeness (QED) is 0.747. The molecule has 0 spiro atoms. The third kappa shape index (κ3) is 2.93. The second-order valence-corrected chi connectivity index (χ2v) is 3.45. The number of esters is 1. The van der Waals surface area contributed by atoms with Crippen LogP contribution in [0.3, 0.4) is 0 Å². The molecule has 88 valence electrons. The van der Waals surface area contributed by atoms with Gasteiger partial charge in [0, 0.05) is 6.54 Å². The molecule has 0 bridgehead atoms. The normalized spacial score (nSPS) is 12.2. The van der Waals surface area contributed by atoms with Crippen molar-refractivity contribution in [2.45, 2.75) is 6.42 Å². The fourth-order valence-corrected chi connectivity index (χ4v) is 1.39. The topological polar surface area (TPSA) is 72.5 Å². The zero-order chi connectivity index (χ0) is 12.1. The van der Waals surface area contributed by atoms with E-state index in [0.717, 1.165) is 0 Å². The molecule has 0 aliphatic carbocycles. The molecule has 5 heteroatoms. The number of rotatable bonds is 4. The molecule has 1 aromatic carbocycles. The van der Waals surface area contributed by atoms with Crippen molar-refractivity contribution in [3.8, 4) is 5.75 Å². The fourth-order valence-electron chi connectivity index (χ4n) is 1.39.